The van der Waals surface area contributed by atoms with E-state index in [9.17, 15) is 4.39 Å². The van der Waals surface area contributed by atoms with E-state index in [4.69, 9.17) is 23.2 Å². The lowest BCUT2D eigenvalue weighted by molar-refractivity contribution is 0.625. The van der Waals surface area contributed by atoms with Gasteiger partial charge in [0.05, 0.1) is 0 Å². The molecule has 0 heterocycles. The van der Waals surface area contributed by atoms with Gasteiger partial charge in [0.15, 0.2) is 0 Å². The molecule has 0 aliphatic heterocycles. The van der Waals surface area contributed by atoms with Crippen LogP contribution in [0.2, 0.25) is 10.0 Å². The van der Waals surface area contributed by atoms with Crippen molar-refractivity contribution in [2.75, 3.05) is 0 Å². The fraction of sp³-hybridized carbons (Fsp3) is 0.0667. The highest BCUT2D eigenvalue weighted by Gasteiger charge is 2.02. The fourth-order valence-electron chi connectivity index (χ4n) is 1.65. The number of hydrogen-bond donors (Lipinski definition) is 0. The molecule has 0 unspecified atom stereocenters. The largest absolute Gasteiger partial charge is 0.206 e. The standard InChI is InChI=1S/C15H11Cl2F/c1-10(11-2-5-13(16)6-3-11)8-12-4-7-14(17)9-15(12)18/h2-9H,1H3/b10-8+. The third-order valence-electron chi connectivity index (χ3n) is 2.63. The Hall–Kier alpha value is -1.31. The molecule has 0 aliphatic carbocycles. The Labute approximate surface area is 116 Å². The van der Waals surface area contributed by atoms with Crippen molar-refractivity contribution in [2.45, 2.75) is 6.92 Å². The van der Waals surface area contributed by atoms with E-state index in [-0.39, 0.29) is 5.82 Å². The average molecular weight is 281 g/mol. The Morgan fingerprint density at radius 2 is 1.61 bits per heavy atom. The molecule has 0 saturated carbocycles. The monoisotopic (exact) mass is 280 g/mol. The first-order chi connectivity index (χ1) is 8.56. The minimum Gasteiger partial charge on any atom is -0.206 e. The summed E-state index contributed by atoms with van der Waals surface area (Å²) in [4.78, 5) is 0. The summed E-state index contributed by atoms with van der Waals surface area (Å²) in [6, 6.07) is 12.1. The zero-order valence-electron chi connectivity index (χ0n) is 9.75. The summed E-state index contributed by atoms with van der Waals surface area (Å²) in [7, 11) is 0. The molecule has 0 fully saturated rings. The van der Waals surface area contributed by atoms with Crippen molar-refractivity contribution in [1.82, 2.24) is 0 Å². The minimum absolute atomic E-state index is 0.323. The molecule has 0 nitrogen and oxygen atoms in total. The van der Waals surface area contributed by atoms with E-state index < -0.39 is 0 Å². The highest BCUT2D eigenvalue weighted by Crippen LogP contribution is 2.22. The van der Waals surface area contributed by atoms with Gasteiger partial charge in [0.2, 0.25) is 0 Å². The molecule has 0 radical (unpaired) electrons. The Morgan fingerprint density at radius 1 is 1.00 bits per heavy atom. The zero-order valence-corrected chi connectivity index (χ0v) is 11.3. The summed E-state index contributed by atoms with van der Waals surface area (Å²) >= 11 is 11.5. The Bertz CT molecular complexity index is 586. The molecule has 0 saturated heterocycles. The van der Waals surface area contributed by atoms with Crippen LogP contribution in [0.25, 0.3) is 11.6 Å². The van der Waals surface area contributed by atoms with Gasteiger partial charge in [-0.3, -0.25) is 0 Å². The molecular weight excluding hydrogens is 270 g/mol. The van der Waals surface area contributed by atoms with Crippen molar-refractivity contribution in [2.24, 2.45) is 0 Å². The summed E-state index contributed by atoms with van der Waals surface area (Å²) in [5.74, 6) is -0.323. The summed E-state index contributed by atoms with van der Waals surface area (Å²) < 4.78 is 13.6. The molecule has 0 aromatic heterocycles. The lowest BCUT2D eigenvalue weighted by Gasteiger charge is -2.03. The molecular formula is C15H11Cl2F. The van der Waals surface area contributed by atoms with Crippen molar-refractivity contribution in [3.63, 3.8) is 0 Å². The van der Waals surface area contributed by atoms with Crippen LogP contribution >= 0.6 is 23.2 Å². The van der Waals surface area contributed by atoms with Crippen molar-refractivity contribution >= 4 is 34.9 Å². The van der Waals surface area contributed by atoms with Gasteiger partial charge in [0.25, 0.3) is 0 Å². The number of hydrogen-bond acceptors (Lipinski definition) is 0. The lowest BCUT2D eigenvalue weighted by atomic mass is 10.0. The van der Waals surface area contributed by atoms with E-state index in [1.807, 2.05) is 31.2 Å². The maximum absolute atomic E-state index is 13.6. The van der Waals surface area contributed by atoms with Crippen LogP contribution < -0.4 is 0 Å². The number of halogens is 3. The van der Waals surface area contributed by atoms with Gasteiger partial charge in [-0.1, -0.05) is 41.4 Å². The van der Waals surface area contributed by atoms with Crippen LogP contribution in [-0.2, 0) is 0 Å². The van der Waals surface area contributed by atoms with Gasteiger partial charge in [-0.15, -0.1) is 0 Å². The number of rotatable bonds is 2. The first-order valence-electron chi connectivity index (χ1n) is 5.45. The topological polar surface area (TPSA) is 0 Å². The van der Waals surface area contributed by atoms with Gasteiger partial charge in [0, 0.05) is 15.6 Å². The first-order valence-corrected chi connectivity index (χ1v) is 6.21. The Morgan fingerprint density at radius 3 is 2.22 bits per heavy atom. The van der Waals surface area contributed by atoms with Crippen molar-refractivity contribution < 1.29 is 4.39 Å². The maximum atomic E-state index is 13.6. The van der Waals surface area contributed by atoms with E-state index >= 15 is 0 Å². The average Bonchev–Trinajstić information content (AvgIpc) is 2.33. The summed E-state index contributed by atoms with van der Waals surface area (Å²) in [5, 5.41) is 1.08. The van der Waals surface area contributed by atoms with E-state index in [2.05, 4.69) is 0 Å². The lowest BCUT2D eigenvalue weighted by Crippen LogP contribution is -1.84. The molecule has 0 N–H and O–H groups in total. The van der Waals surface area contributed by atoms with Crippen molar-refractivity contribution in [3.8, 4) is 0 Å². The van der Waals surface area contributed by atoms with E-state index in [1.54, 1.807) is 18.2 Å². The molecule has 0 aliphatic rings. The maximum Gasteiger partial charge on any atom is 0.131 e. The summed E-state index contributed by atoms with van der Waals surface area (Å²) in [6.45, 7) is 1.93. The van der Waals surface area contributed by atoms with Gasteiger partial charge >= 0.3 is 0 Å². The summed E-state index contributed by atoms with van der Waals surface area (Å²) in [5.41, 5.74) is 2.49. The second-order valence-electron chi connectivity index (χ2n) is 4.00. The fourth-order valence-corrected chi connectivity index (χ4v) is 1.93. The molecule has 18 heavy (non-hydrogen) atoms. The highest BCUT2D eigenvalue weighted by molar-refractivity contribution is 6.30. The summed E-state index contributed by atoms with van der Waals surface area (Å²) in [6.07, 6.45) is 1.79. The van der Waals surface area contributed by atoms with E-state index in [0.717, 1.165) is 11.1 Å². The molecule has 2 rings (SSSR count). The van der Waals surface area contributed by atoms with E-state index in [1.165, 1.54) is 6.07 Å². The van der Waals surface area contributed by atoms with Crippen LogP contribution in [0.15, 0.2) is 42.5 Å². The number of benzene rings is 2. The SMILES string of the molecule is C/C(=C\c1ccc(Cl)cc1F)c1ccc(Cl)cc1. The van der Waals surface area contributed by atoms with Crippen LogP contribution in [0.3, 0.4) is 0 Å². The van der Waals surface area contributed by atoms with Gasteiger partial charge in [-0.2, -0.15) is 0 Å². The first kappa shape index (κ1) is 13.1. The molecule has 2 aromatic rings. The number of allylic oxidation sites excluding steroid dienone is 1. The van der Waals surface area contributed by atoms with Gasteiger partial charge in [-0.05, 0) is 48.4 Å². The van der Waals surface area contributed by atoms with Crippen LogP contribution in [-0.4, -0.2) is 0 Å². The molecule has 2 aromatic carbocycles. The molecule has 0 bridgehead atoms. The molecule has 0 atom stereocenters. The van der Waals surface area contributed by atoms with Crippen LogP contribution in [0.1, 0.15) is 18.1 Å². The Balaban J connectivity index is 2.35. The van der Waals surface area contributed by atoms with Crippen LogP contribution in [0.5, 0.6) is 0 Å². The minimum atomic E-state index is -0.323. The second-order valence-corrected chi connectivity index (χ2v) is 4.87. The second kappa shape index (κ2) is 5.55. The van der Waals surface area contributed by atoms with Gasteiger partial charge in [-0.25, -0.2) is 4.39 Å². The van der Waals surface area contributed by atoms with Crippen molar-refractivity contribution in [3.05, 3.63) is 69.5 Å². The quantitative estimate of drug-likeness (QED) is 0.620. The van der Waals surface area contributed by atoms with Crippen LogP contribution in [0.4, 0.5) is 4.39 Å². The predicted octanol–water partition coefficient (Wildman–Crippen LogP) is 5.69. The highest BCUT2D eigenvalue weighted by atomic mass is 35.5. The predicted molar refractivity (Wildman–Crippen MR) is 76.4 cm³/mol. The third-order valence-corrected chi connectivity index (χ3v) is 3.12. The zero-order chi connectivity index (χ0) is 13.1. The van der Waals surface area contributed by atoms with Gasteiger partial charge < -0.3 is 0 Å². The Kier molecular flexibility index (Phi) is 4.05. The van der Waals surface area contributed by atoms with Crippen molar-refractivity contribution in [1.29, 1.82) is 0 Å². The van der Waals surface area contributed by atoms with E-state index in [0.29, 0.717) is 15.6 Å². The van der Waals surface area contributed by atoms with Gasteiger partial charge in [0.1, 0.15) is 5.82 Å². The normalized spacial score (nSPS) is 11.7. The smallest absolute Gasteiger partial charge is 0.131 e. The molecule has 0 spiro atoms. The van der Waals surface area contributed by atoms with Crippen LogP contribution in [0, 0.1) is 5.82 Å². The molecule has 0 amide bonds. The molecule has 3 heteroatoms. The molecule has 92 valence electrons. The third kappa shape index (κ3) is 3.12.